The zero-order valence-electron chi connectivity index (χ0n) is 24.2. The largest absolute Gasteiger partial charge is 0.394 e. The van der Waals surface area contributed by atoms with Crippen molar-refractivity contribution in [1.82, 2.24) is 9.88 Å². The normalized spacial score (nSPS) is 24.7. The number of carbonyl (C=O) groups excluding carboxylic acids is 2. The van der Waals surface area contributed by atoms with Gasteiger partial charge >= 0.3 is 0 Å². The van der Waals surface area contributed by atoms with E-state index in [0.717, 1.165) is 53.4 Å². The van der Waals surface area contributed by atoms with Crippen molar-refractivity contribution in [2.24, 2.45) is 5.92 Å². The number of para-hydroxylation sites is 1. The monoisotopic (exact) mass is 579 g/mol. The molecule has 7 nitrogen and oxygen atoms in total. The van der Waals surface area contributed by atoms with Gasteiger partial charge in [-0.1, -0.05) is 37.3 Å². The van der Waals surface area contributed by atoms with Crippen LogP contribution in [0.4, 0.5) is 9.80 Å². The predicted molar refractivity (Wildman–Crippen MR) is 162 cm³/mol. The second-order valence-electron chi connectivity index (χ2n) is 12.3. The van der Waals surface area contributed by atoms with E-state index in [1.807, 2.05) is 54.7 Å². The van der Waals surface area contributed by atoms with Gasteiger partial charge in [-0.2, -0.15) is 0 Å². The lowest BCUT2D eigenvalue weighted by molar-refractivity contribution is -0.135. The van der Waals surface area contributed by atoms with Gasteiger partial charge in [0.2, 0.25) is 20.2 Å². The van der Waals surface area contributed by atoms with Gasteiger partial charge in [-0.15, -0.1) is 0 Å². The zero-order chi connectivity index (χ0) is 29.1. The van der Waals surface area contributed by atoms with E-state index in [9.17, 15) is 14.7 Å². The Morgan fingerprint density at radius 3 is 2.63 bits per heavy atom. The molecule has 41 heavy (non-hydrogen) atoms. The van der Waals surface area contributed by atoms with Crippen molar-refractivity contribution in [1.29, 1.82) is 0 Å². The van der Waals surface area contributed by atoms with Gasteiger partial charge in [-0.05, 0) is 74.0 Å². The first kappa shape index (κ1) is 29.5. The van der Waals surface area contributed by atoms with Gasteiger partial charge in [0, 0.05) is 34.9 Å². The number of aliphatic hydroxyl groups is 1. The maximum atomic E-state index is 15.5. The average molecular weight is 580 g/mol. The topological polar surface area (TPSA) is 94.7 Å². The molecule has 2 aromatic carbocycles. The number of fused-ring (bicyclic) bond motifs is 1. The fourth-order valence-corrected chi connectivity index (χ4v) is 9.48. The van der Waals surface area contributed by atoms with Crippen molar-refractivity contribution < 1.29 is 23.5 Å². The molecule has 0 radical (unpaired) electrons. The Morgan fingerprint density at radius 1 is 1.15 bits per heavy atom. The van der Waals surface area contributed by atoms with Crippen LogP contribution in [0.2, 0.25) is 18.6 Å². The first-order valence-corrected chi connectivity index (χ1v) is 17.8. The molecule has 2 saturated heterocycles. The Bertz CT molecular complexity index is 1350. The number of hydrogen-bond donors (Lipinski definition) is 3. The number of aliphatic hydroxyl groups excluding tert-OH is 1. The molecule has 2 fully saturated rings. The van der Waals surface area contributed by atoms with Gasteiger partial charge in [0.25, 0.3) is 0 Å². The Morgan fingerprint density at radius 2 is 1.90 bits per heavy atom. The summed E-state index contributed by atoms with van der Waals surface area (Å²) >= 11 is 0. The van der Waals surface area contributed by atoms with Crippen LogP contribution < -0.4 is 5.32 Å². The number of amides is 2. The molecule has 0 saturated carbocycles. The molecule has 1 aromatic heterocycles. The van der Waals surface area contributed by atoms with Crippen molar-refractivity contribution in [3.63, 3.8) is 0 Å². The van der Waals surface area contributed by atoms with Crippen LogP contribution in [-0.2, 0) is 27.2 Å². The molecule has 2 amide bonds. The number of aryl methyl sites for hydroxylation is 1. The molecule has 0 bridgehead atoms. The number of nitrogens with zero attached hydrogens (tertiary/aromatic N) is 1. The number of aromatic amines is 1. The van der Waals surface area contributed by atoms with Crippen LogP contribution in [0, 0.1) is 5.92 Å². The Balaban J connectivity index is 1.15. The molecule has 220 valence electrons. The van der Waals surface area contributed by atoms with Gasteiger partial charge in [0.05, 0.1) is 37.7 Å². The number of ether oxygens (including phenoxy) is 1. The van der Waals surface area contributed by atoms with Crippen LogP contribution in [-0.4, -0.2) is 66.6 Å². The molecular formula is C32H42FN3O4Si. The summed E-state index contributed by atoms with van der Waals surface area (Å²) in [5.41, 5.74) is 3.60. The van der Waals surface area contributed by atoms with Crippen molar-refractivity contribution in [3.8, 4) is 0 Å². The number of aromatic nitrogens is 1. The van der Waals surface area contributed by atoms with Crippen molar-refractivity contribution in [2.45, 2.75) is 82.3 Å². The molecule has 3 heterocycles. The SMILES string of the molecule is C[C@H]1[C@H]([Si](C)(C)F)[C@@H](CC(=O)N2CCC[C@H]2CO)O[C@H]1CCc1ccc(NC(=O)Cc2c[nH]c3ccccc23)cc1. The predicted octanol–water partition coefficient (Wildman–Crippen LogP) is 5.60. The first-order valence-electron chi connectivity index (χ1n) is 14.8. The number of hydrogen-bond acceptors (Lipinski definition) is 4. The quantitative estimate of drug-likeness (QED) is 0.215. The van der Waals surface area contributed by atoms with E-state index in [4.69, 9.17) is 4.74 Å². The summed E-state index contributed by atoms with van der Waals surface area (Å²) in [6.45, 7) is 6.11. The van der Waals surface area contributed by atoms with Gasteiger partial charge in [-0.25, -0.2) is 0 Å². The van der Waals surface area contributed by atoms with Crippen LogP contribution in [0.25, 0.3) is 10.9 Å². The molecule has 0 aliphatic carbocycles. The molecule has 2 aliphatic rings. The summed E-state index contributed by atoms with van der Waals surface area (Å²) in [4.78, 5) is 30.7. The van der Waals surface area contributed by atoms with Crippen LogP contribution >= 0.6 is 0 Å². The average Bonchev–Trinajstić information content (AvgIpc) is 3.65. The van der Waals surface area contributed by atoms with E-state index in [0.29, 0.717) is 13.0 Å². The highest BCUT2D eigenvalue weighted by Gasteiger charge is 2.52. The molecule has 0 unspecified atom stereocenters. The number of benzene rings is 2. The fraction of sp³-hybridized carbons (Fsp3) is 0.500. The van der Waals surface area contributed by atoms with E-state index >= 15 is 4.11 Å². The van der Waals surface area contributed by atoms with Gasteiger partial charge in [0.15, 0.2) is 0 Å². The highest BCUT2D eigenvalue weighted by atomic mass is 28.4. The number of halogens is 1. The third-order valence-electron chi connectivity index (χ3n) is 8.96. The maximum absolute atomic E-state index is 15.5. The number of nitrogens with one attached hydrogen (secondary N) is 2. The minimum Gasteiger partial charge on any atom is -0.394 e. The molecule has 5 rings (SSSR count). The lowest BCUT2D eigenvalue weighted by atomic mass is 9.95. The van der Waals surface area contributed by atoms with Crippen molar-refractivity contribution in [2.75, 3.05) is 18.5 Å². The van der Waals surface area contributed by atoms with E-state index in [1.54, 1.807) is 18.0 Å². The minimum absolute atomic E-state index is 0.0229. The van der Waals surface area contributed by atoms with Crippen LogP contribution in [0.3, 0.4) is 0 Å². The van der Waals surface area contributed by atoms with Gasteiger partial charge in [0.1, 0.15) is 0 Å². The highest BCUT2D eigenvalue weighted by molar-refractivity contribution is 6.72. The van der Waals surface area contributed by atoms with Gasteiger partial charge < -0.3 is 29.2 Å². The Kier molecular flexibility index (Phi) is 8.96. The first-order chi connectivity index (χ1) is 19.6. The Hall–Kier alpha value is -3.01. The van der Waals surface area contributed by atoms with E-state index in [2.05, 4.69) is 17.2 Å². The summed E-state index contributed by atoms with van der Waals surface area (Å²) in [6, 6.07) is 15.7. The number of likely N-dealkylation sites (tertiary alicyclic amines) is 1. The number of anilines is 1. The third kappa shape index (κ3) is 6.74. The van der Waals surface area contributed by atoms with Crippen LogP contribution in [0.1, 0.15) is 43.7 Å². The molecule has 2 aliphatic heterocycles. The smallest absolute Gasteiger partial charge is 0.246 e. The summed E-state index contributed by atoms with van der Waals surface area (Å²) in [6.07, 6.45) is 5.01. The standard InChI is InChI=1S/C32H42FN3O4Si/c1-21-28(40-29(32(21)41(2,3)33)18-31(39)36-16-6-7-25(36)20-37)15-12-22-10-13-24(14-11-22)35-30(38)17-23-19-34-27-9-5-4-8-26(23)27/h4-5,8-11,13-14,19,21,25,28-29,32,34,37H,6-7,12,15-18,20H2,1-3H3,(H,35,38)/t21-,25+,28+,29-,32+/m1/s1. The summed E-state index contributed by atoms with van der Waals surface area (Å²) in [7, 11) is -3.08. The fourth-order valence-electron chi connectivity index (χ4n) is 6.94. The van der Waals surface area contributed by atoms with E-state index in [1.165, 1.54) is 0 Å². The molecule has 0 spiro atoms. The second kappa shape index (κ2) is 12.5. The molecule has 3 N–H and O–H groups in total. The minimum atomic E-state index is -3.08. The number of rotatable bonds is 10. The second-order valence-corrected chi connectivity index (χ2v) is 16.0. The summed E-state index contributed by atoms with van der Waals surface area (Å²) in [5, 5.41) is 13.7. The Labute approximate surface area is 242 Å². The summed E-state index contributed by atoms with van der Waals surface area (Å²) < 4.78 is 21.9. The van der Waals surface area contributed by atoms with Crippen molar-refractivity contribution >= 4 is 36.8 Å². The lowest BCUT2D eigenvalue weighted by Gasteiger charge is -2.30. The highest BCUT2D eigenvalue weighted by Crippen LogP contribution is 2.47. The molecule has 5 atom stereocenters. The zero-order valence-corrected chi connectivity index (χ0v) is 25.2. The maximum Gasteiger partial charge on any atom is 0.246 e. The molecular weight excluding hydrogens is 537 g/mol. The lowest BCUT2D eigenvalue weighted by Crippen LogP contribution is -2.42. The molecule has 3 aromatic rings. The summed E-state index contributed by atoms with van der Waals surface area (Å²) in [5.74, 6) is -0.0840. The van der Waals surface area contributed by atoms with Crippen LogP contribution in [0.15, 0.2) is 54.7 Å². The molecule has 9 heteroatoms. The van der Waals surface area contributed by atoms with Gasteiger partial charge in [-0.3, -0.25) is 9.59 Å². The van der Waals surface area contributed by atoms with E-state index < -0.39 is 14.5 Å². The van der Waals surface area contributed by atoms with Crippen LogP contribution in [0.5, 0.6) is 0 Å². The van der Waals surface area contributed by atoms with Crippen molar-refractivity contribution in [3.05, 3.63) is 65.9 Å². The number of carbonyl (C=O) groups is 2. The number of H-pyrrole nitrogens is 1. The van der Waals surface area contributed by atoms with E-state index in [-0.39, 0.29) is 48.4 Å². The third-order valence-corrected chi connectivity index (χ3v) is 11.4.